The van der Waals surface area contributed by atoms with Crippen LogP contribution in [-0.4, -0.2) is 22.5 Å². The molecule has 0 aromatic heterocycles. The molecule has 1 nitrogen and oxygen atoms in total. The van der Waals surface area contributed by atoms with E-state index in [2.05, 4.69) is 58.6 Å². The molecule has 1 heteroatoms. The normalized spacial score (nSPS) is 50.8. The van der Waals surface area contributed by atoms with E-state index in [4.69, 9.17) is 0 Å². The van der Waals surface area contributed by atoms with Gasteiger partial charge in [0.25, 0.3) is 0 Å². The van der Waals surface area contributed by atoms with Crippen LogP contribution < -0.4 is 0 Å². The van der Waals surface area contributed by atoms with Crippen LogP contribution in [0.25, 0.3) is 0 Å². The van der Waals surface area contributed by atoms with Gasteiger partial charge in [-0.3, -0.25) is 4.90 Å². The maximum atomic E-state index is 2.85. The third kappa shape index (κ3) is 1.32. The van der Waals surface area contributed by atoms with E-state index in [1.54, 1.807) is 0 Å². The molecule has 3 aliphatic rings. The van der Waals surface area contributed by atoms with E-state index in [1.165, 1.54) is 6.42 Å². The molecule has 0 amide bonds. The van der Waals surface area contributed by atoms with Crippen molar-refractivity contribution in [1.82, 2.24) is 4.90 Å². The second-order valence-corrected chi connectivity index (χ2v) is 7.67. The lowest BCUT2D eigenvalue weighted by Crippen LogP contribution is -2.55. The Morgan fingerprint density at radius 1 is 1.11 bits per heavy atom. The Morgan fingerprint density at radius 2 is 1.72 bits per heavy atom. The van der Waals surface area contributed by atoms with E-state index in [-0.39, 0.29) is 0 Å². The Kier molecular flexibility index (Phi) is 2.72. The van der Waals surface area contributed by atoms with Crippen LogP contribution in [-0.2, 0) is 0 Å². The summed E-state index contributed by atoms with van der Waals surface area (Å²) in [6.45, 7) is 14.7. The number of allylic oxidation sites excluding steroid dienone is 2. The van der Waals surface area contributed by atoms with Gasteiger partial charge in [-0.1, -0.05) is 26.0 Å². The highest BCUT2D eigenvalue weighted by Gasteiger charge is 2.63. The van der Waals surface area contributed by atoms with Crippen LogP contribution in [0.15, 0.2) is 12.2 Å². The second-order valence-electron chi connectivity index (χ2n) is 7.67. The molecular formula is C17H29N. The van der Waals surface area contributed by atoms with Crippen LogP contribution in [0.1, 0.15) is 48.0 Å². The van der Waals surface area contributed by atoms with E-state index in [0.29, 0.717) is 11.6 Å². The molecule has 1 heterocycles. The summed E-state index contributed by atoms with van der Waals surface area (Å²) in [6, 6.07) is 1.42. The zero-order valence-electron chi connectivity index (χ0n) is 12.9. The number of hydrogen-bond acceptors (Lipinski definition) is 1. The average Bonchev–Trinajstić information content (AvgIpc) is 2.91. The van der Waals surface area contributed by atoms with Crippen molar-refractivity contribution in [3.63, 3.8) is 0 Å². The van der Waals surface area contributed by atoms with Crippen molar-refractivity contribution in [3.05, 3.63) is 12.2 Å². The van der Waals surface area contributed by atoms with Gasteiger partial charge in [0.05, 0.1) is 0 Å². The fraction of sp³-hybridized carbons (Fsp3) is 0.882. The van der Waals surface area contributed by atoms with Crippen molar-refractivity contribution in [2.45, 2.75) is 65.6 Å². The molecule has 2 aliphatic carbocycles. The van der Waals surface area contributed by atoms with Gasteiger partial charge in [-0.15, -0.1) is 0 Å². The van der Waals surface area contributed by atoms with Gasteiger partial charge in [0.2, 0.25) is 0 Å². The third-order valence-corrected chi connectivity index (χ3v) is 6.47. The summed E-state index contributed by atoms with van der Waals surface area (Å²) in [7, 11) is 0. The molecule has 1 saturated carbocycles. The maximum absolute atomic E-state index is 2.85. The van der Waals surface area contributed by atoms with E-state index in [0.717, 1.165) is 35.6 Å². The summed E-state index contributed by atoms with van der Waals surface area (Å²) in [5, 5.41) is 0. The summed E-state index contributed by atoms with van der Waals surface area (Å²) in [5.74, 6) is 4.28. The van der Waals surface area contributed by atoms with Crippen molar-refractivity contribution >= 4 is 0 Å². The lowest BCUT2D eigenvalue weighted by atomic mass is 9.69. The summed E-state index contributed by atoms with van der Waals surface area (Å²) in [6.07, 6.45) is 6.49. The Balaban J connectivity index is 2.06. The van der Waals surface area contributed by atoms with Gasteiger partial charge in [-0.2, -0.15) is 0 Å². The largest absolute Gasteiger partial charge is 0.292 e. The Labute approximate surface area is 113 Å². The van der Waals surface area contributed by atoms with E-state index in [1.807, 2.05) is 0 Å². The first-order valence-electron chi connectivity index (χ1n) is 7.85. The lowest BCUT2D eigenvalue weighted by molar-refractivity contribution is 0.0145. The molecule has 0 aromatic carbocycles. The van der Waals surface area contributed by atoms with Gasteiger partial charge in [-0.05, 0) is 63.7 Å². The molecule has 6 unspecified atom stereocenters. The van der Waals surface area contributed by atoms with E-state index >= 15 is 0 Å². The monoisotopic (exact) mass is 247 g/mol. The summed E-state index contributed by atoms with van der Waals surface area (Å²) >= 11 is 0. The smallest absolute Gasteiger partial charge is 0.0247 e. The maximum Gasteiger partial charge on any atom is 0.0247 e. The molecule has 102 valence electrons. The number of fused-ring (bicyclic) bond motifs is 5. The minimum atomic E-state index is 0.391. The first-order chi connectivity index (χ1) is 8.39. The molecule has 0 spiro atoms. The number of hydrogen-bond donors (Lipinski definition) is 0. The van der Waals surface area contributed by atoms with Gasteiger partial charge in [0.15, 0.2) is 0 Å². The molecule has 6 atom stereocenters. The average molecular weight is 247 g/mol. The first-order valence-corrected chi connectivity index (χ1v) is 7.85. The predicted molar refractivity (Wildman–Crippen MR) is 77.4 cm³/mol. The number of likely N-dealkylation sites (tertiary alicyclic amines) is 1. The first kappa shape index (κ1) is 12.7. The van der Waals surface area contributed by atoms with Crippen molar-refractivity contribution in [1.29, 1.82) is 0 Å². The van der Waals surface area contributed by atoms with Gasteiger partial charge in [0, 0.05) is 17.6 Å². The van der Waals surface area contributed by atoms with Gasteiger partial charge >= 0.3 is 0 Å². The van der Waals surface area contributed by atoms with Gasteiger partial charge in [-0.25, -0.2) is 0 Å². The zero-order chi connectivity index (χ0) is 13.2. The molecule has 0 N–H and O–H groups in total. The molecule has 18 heavy (non-hydrogen) atoms. The van der Waals surface area contributed by atoms with Crippen molar-refractivity contribution < 1.29 is 0 Å². The second kappa shape index (κ2) is 3.85. The molecule has 3 rings (SSSR count). The Morgan fingerprint density at radius 3 is 2.28 bits per heavy atom. The van der Waals surface area contributed by atoms with Crippen molar-refractivity contribution in [3.8, 4) is 0 Å². The summed E-state index contributed by atoms with van der Waals surface area (Å²) < 4.78 is 0. The Hall–Kier alpha value is -0.300. The highest BCUT2D eigenvalue weighted by atomic mass is 15.3. The molecule has 0 radical (unpaired) electrons. The lowest BCUT2D eigenvalue weighted by Gasteiger charge is -2.47. The molecule has 0 aromatic rings. The standard InChI is InChI=1S/C17H29N/c1-10(2)17(6)16-14-8-7-13(9-14)15(16)12(5)18(17)11(3)4/h7-8,10-16H,9H2,1-6H3. The van der Waals surface area contributed by atoms with E-state index in [9.17, 15) is 0 Å². The quantitative estimate of drug-likeness (QED) is 0.668. The number of nitrogens with zero attached hydrogens (tertiary/aromatic N) is 1. The van der Waals surface area contributed by atoms with Crippen LogP contribution in [0.4, 0.5) is 0 Å². The van der Waals surface area contributed by atoms with Crippen LogP contribution >= 0.6 is 0 Å². The predicted octanol–water partition coefficient (Wildman–Crippen LogP) is 3.95. The van der Waals surface area contributed by atoms with Gasteiger partial charge in [0.1, 0.15) is 0 Å². The highest BCUT2D eigenvalue weighted by Crippen LogP contribution is 2.62. The molecule has 1 saturated heterocycles. The van der Waals surface area contributed by atoms with Crippen molar-refractivity contribution in [2.24, 2.45) is 29.6 Å². The summed E-state index contributed by atoms with van der Waals surface area (Å²) in [4.78, 5) is 2.85. The van der Waals surface area contributed by atoms with Crippen LogP contribution in [0.3, 0.4) is 0 Å². The third-order valence-electron chi connectivity index (χ3n) is 6.47. The fourth-order valence-corrected chi connectivity index (χ4v) is 5.85. The molecule has 2 fully saturated rings. The summed E-state index contributed by atoms with van der Waals surface area (Å²) in [5.41, 5.74) is 0.391. The number of rotatable bonds is 2. The van der Waals surface area contributed by atoms with Crippen molar-refractivity contribution in [2.75, 3.05) is 0 Å². The van der Waals surface area contributed by atoms with Crippen LogP contribution in [0.2, 0.25) is 0 Å². The molecule has 2 bridgehead atoms. The van der Waals surface area contributed by atoms with Crippen LogP contribution in [0.5, 0.6) is 0 Å². The topological polar surface area (TPSA) is 3.24 Å². The SMILES string of the molecule is CC(C)N1C(C)C2C3C=CC(C3)C2C1(C)C(C)C. The highest BCUT2D eigenvalue weighted by molar-refractivity contribution is 5.24. The van der Waals surface area contributed by atoms with E-state index < -0.39 is 0 Å². The van der Waals surface area contributed by atoms with Crippen LogP contribution in [0, 0.1) is 29.6 Å². The molecular weight excluding hydrogens is 218 g/mol. The fourth-order valence-electron chi connectivity index (χ4n) is 5.85. The minimum Gasteiger partial charge on any atom is -0.292 e. The minimum absolute atomic E-state index is 0.391. The molecule has 1 aliphatic heterocycles. The van der Waals surface area contributed by atoms with Gasteiger partial charge < -0.3 is 0 Å². The zero-order valence-corrected chi connectivity index (χ0v) is 12.9. The Bertz CT molecular complexity index is 370.